The average molecular weight is 242 g/mol. The highest BCUT2D eigenvalue weighted by Gasteiger charge is 2.17. The van der Waals surface area contributed by atoms with E-state index in [4.69, 9.17) is 0 Å². The molecule has 0 bridgehead atoms. The van der Waals surface area contributed by atoms with Gasteiger partial charge in [-0.25, -0.2) is 0 Å². The highest BCUT2D eigenvalue weighted by atomic mass is 16.3. The summed E-state index contributed by atoms with van der Waals surface area (Å²) in [7, 11) is 0. The molecule has 1 unspecified atom stereocenters. The third kappa shape index (κ3) is 5.84. The second-order valence-electron chi connectivity index (χ2n) is 5.96. The van der Waals surface area contributed by atoms with Crippen LogP contribution in [0.4, 0.5) is 0 Å². The Labute approximate surface area is 107 Å². The van der Waals surface area contributed by atoms with E-state index in [1.807, 2.05) is 6.92 Å². The molecule has 17 heavy (non-hydrogen) atoms. The van der Waals surface area contributed by atoms with Crippen molar-refractivity contribution in [3.63, 3.8) is 0 Å². The first kappa shape index (κ1) is 14.9. The van der Waals surface area contributed by atoms with E-state index < -0.39 is 0 Å². The number of hydrogen-bond donors (Lipinski definition) is 1. The molecule has 0 aliphatic carbocycles. The lowest BCUT2D eigenvalue weighted by Crippen LogP contribution is -2.43. The third-order valence-corrected chi connectivity index (χ3v) is 3.81. The van der Waals surface area contributed by atoms with E-state index in [-0.39, 0.29) is 6.10 Å². The molecular weight excluding hydrogens is 212 g/mol. The molecule has 1 aliphatic heterocycles. The van der Waals surface area contributed by atoms with Gasteiger partial charge in [0, 0.05) is 25.7 Å². The second kappa shape index (κ2) is 7.34. The monoisotopic (exact) mass is 242 g/mol. The first-order valence-electron chi connectivity index (χ1n) is 7.13. The summed E-state index contributed by atoms with van der Waals surface area (Å²) in [5, 5.41) is 9.49. The summed E-state index contributed by atoms with van der Waals surface area (Å²) < 4.78 is 0. The molecule has 0 aromatic heterocycles. The zero-order valence-electron chi connectivity index (χ0n) is 12.0. The molecule has 1 fully saturated rings. The van der Waals surface area contributed by atoms with Gasteiger partial charge in [-0.2, -0.15) is 0 Å². The number of aliphatic hydroxyl groups is 1. The Bertz CT molecular complexity index is 198. The van der Waals surface area contributed by atoms with Crippen LogP contribution in [0.15, 0.2) is 0 Å². The summed E-state index contributed by atoms with van der Waals surface area (Å²) in [6, 6.07) is 0.522. The molecule has 0 spiro atoms. The van der Waals surface area contributed by atoms with E-state index in [9.17, 15) is 5.11 Å². The first-order chi connectivity index (χ1) is 7.99. The lowest BCUT2D eigenvalue weighted by atomic mass is 9.99. The summed E-state index contributed by atoms with van der Waals surface area (Å²) in [6.45, 7) is 14.2. The van der Waals surface area contributed by atoms with E-state index in [0.29, 0.717) is 6.04 Å². The Morgan fingerprint density at radius 1 is 1.24 bits per heavy atom. The standard InChI is InChI=1S/C14H30N2O/c1-12(2)16(11-14(4)17)10-9-15-7-5-13(3)6-8-15/h12-14,17H,5-11H2,1-4H3. The van der Waals surface area contributed by atoms with Gasteiger partial charge >= 0.3 is 0 Å². The molecule has 102 valence electrons. The maximum absolute atomic E-state index is 9.49. The average Bonchev–Trinajstić information content (AvgIpc) is 2.25. The Hall–Kier alpha value is -0.120. The Kier molecular flexibility index (Phi) is 6.45. The highest BCUT2D eigenvalue weighted by Crippen LogP contribution is 2.15. The maximum Gasteiger partial charge on any atom is 0.0639 e. The first-order valence-corrected chi connectivity index (χ1v) is 7.13. The molecule has 0 amide bonds. The van der Waals surface area contributed by atoms with Crippen molar-refractivity contribution in [1.29, 1.82) is 0 Å². The van der Waals surface area contributed by atoms with Crippen molar-refractivity contribution in [2.24, 2.45) is 5.92 Å². The van der Waals surface area contributed by atoms with Crippen LogP contribution in [0, 0.1) is 5.92 Å². The van der Waals surface area contributed by atoms with E-state index in [0.717, 1.165) is 25.6 Å². The SMILES string of the molecule is CC(O)CN(CCN1CCC(C)CC1)C(C)C. The molecule has 0 saturated carbocycles. The van der Waals surface area contributed by atoms with Crippen molar-refractivity contribution in [3.8, 4) is 0 Å². The lowest BCUT2D eigenvalue weighted by Gasteiger charge is -2.34. The van der Waals surface area contributed by atoms with Crippen LogP contribution in [0.25, 0.3) is 0 Å². The van der Waals surface area contributed by atoms with Gasteiger partial charge in [0.1, 0.15) is 0 Å². The van der Waals surface area contributed by atoms with Crippen LogP contribution in [-0.4, -0.2) is 59.8 Å². The molecule has 3 nitrogen and oxygen atoms in total. The molecule has 0 aromatic carbocycles. The van der Waals surface area contributed by atoms with E-state index in [1.165, 1.54) is 25.9 Å². The van der Waals surface area contributed by atoms with Crippen molar-refractivity contribution in [2.45, 2.75) is 52.7 Å². The van der Waals surface area contributed by atoms with Gasteiger partial charge in [-0.15, -0.1) is 0 Å². The van der Waals surface area contributed by atoms with Crippen LogP contribution in [0.3, 0.4) is 0 Å². The van der Waals surface area contributed by atoms with Crippen molar-refractivity contribution in [1.82, 2.24) is 9.80 Å². The zero-order valence-corrected chi connectivity index (χ0v) is 12.0. The fourth-order valence-electron chi connectivity index (χ4n) is 2.46. The number of hydrogen-bond acceptors (Lipinski definition) is 3. The highest BCUT2D eigenvalue weighted by molar-refractivity contribution is 4.72. The molecule has 0 radical (unpaired) electrons. The minimum atomic E-state index is -0.223. The fraction of sp³-hybridized carbons (Fsp3) is 1.00. The van der Waals surface area contributed by atoms with Crippen LogP contribution in [0.5, 0.6) is 0 Å². The lowest BCUT2D eigenvalue weighted by molar-refractivity contribution is 0.0909. The van der Waals surface area contributed by atoms with Gasteiger partial charge in [0.2, 0.25) is 0 Å². The molecular formula is C14H30N2O. The van der Waals surface area contributed by atoms with Crippen LogP contribution >= 0.6 is 0 Å². The smallest absolute Gasteiger partial charge is 0.0639 e. The number of nitrogens with zero attached hydrogens (tertiary/aromatic N) is 2. The number of rotatable bonds is 6. The molecule has 3 heteroatoms. The topological polar surface area (TPSA) is 26.7 Å². The predicted octanol–water partition coefficient (Wildman–Crippen LogP) is 1.81. The minimum Gasteiger partial charge on any atom is -0.392 e. The molecule has 0 aromatic rings. The molecule has 1 N–H and O–H groups in total. The van der Waals surface area contributed by atoms with Crippen molar-refractivity contribution >= 4 is 0 Å². The van der Waals surface area contributed by atoms with Crippen molar-refractivity contribution < 1.29 is 5.11 Å². The van der Waals surface area contributed by atoms with Crippen LogP contribution < -0.4 is 0 Å². The second-order valence-corrected chi connectivity index (χ2v) is 5.96. The Morgan fingerprint density at radius 2 is 1.82 bits per heavy atom. The van der Waals surface area contributed by atoms with Gasteiger partial charge in [0.15, 0.2) is 0 Å². The molecule has 1 saturated heterocycles. The molecule has 1 atom stereocenters. The van der Waals surface area contributed by atoms with Crippen molar-refractivity contribution in [3.05, 3.63) is 0 Å². The summed E-state index contributed by atoms with van der Waals surface area (Å²) >= 11 is 0. The van der Waals surface area contributed by atoms with Gasteiger partial charge in [-0.3, -0.25) is 4.90 Å². The summed E-state index contributed by atoms with van der Waals surface area (Å²) in [6.07, 6.45) is 2.47. The zero-order chi connectivity index (χ0) is 12.8. The van der Waals surface area contributed by atoms with Gasteiger partial charge in [-0.1, -0.05) is 6.92 Å². The normalized spacial score (nSPS) is 21.4. The number of piperidine rings is 1. The van der Waals surface area contributed by atoms with Crippen LogP contribution in [0.1, 0.15) is 40.5 Å². The largest absolute Gasteiger partial charge is 0.392 e. The van der Waals surface area contributed by atoms with Gasteiger partial charge in [0.25, 0.3) is 0 Å². The van der Waals surface area contributed by atoms with E-state index in [2.05, 4.69) is 30.6 Å². The van der Waals surface area contributed by atoms with E-state index in [1.54, 1.807) is 0 Å². The number of likely N-dealkylation sites (tertiary alicyclic amines) is 1. The summed E-state index contributed by atoms with van der Waals surface area (Å²) in [5.74, 6) is 0.907. The van der Waals surface area contributed by atoms with Gasteiger partial charge in [-0.05, 0) is 52.6 Å². The molecule has 1 aliphatic rings. The fourth-order valence-corrected chi connectivity index (χ4v) is 2.46. The van der Waals surface area contributed by atoms with Gasteiger partial charge < -0.3 is 10.0 Å². The predicted molar refractivity (Wildman–Crippen MR) is 73.2 cm³/mol. The van der Waals surface area contributed by atoms with Gasteiger partial charge in [0.05, 0.1) is 6.10 Å². The summed E-state index contributed by atoms with van der Waals surface area (Å²) in [4.78, 5) is 4.94. The molecule has 1 heterocycles. The Morgan fingerprint density at radius 3 is 2.29 bits per heavy atom. The minimum absolute atomic E-state index is 0.223. The van der Waals surface area contributed by atoms with Crippen LogP contribution in [0.2, 0.25) is 0 Å². The summed E-state index contributed by atoms with van der Waals surface area (Å²) in [5.41, 5.74) is 0. The molecule has 1 rings (SSSR count). The number of aliphatic hydroxyl groups excluding tert-OH is 1. The quantitative estimate of drug-likeness (QED) is 0.769. The maximum atomic E-state index is 9.49. The van der Waals surface area contributed by atoms with Crippen molar-refractivity contribution in [2.75, 3.05) is 32.7 Å². The third-order valence-electron chi connectivity index (χ3n) is 3.81. The Balaban J connectivity index is 2.26. The van der Waals surface area contributed by atoms with E-state index >= 15 is 0 Å². The van der Waals surface area contributed by atoms with Crippen LogP contribution in [-0.2, 0) is 0 Å².